The monoisotopic (exact) mass is 286 g/mol. The summed E-state index contributed by atoms with van der Waals surface area (Å²) in [6.45, 7) is -0.368. The van der Waals surface area contributed by atoms with Gasteiger partial charge in [0, 0.05) is 11.3 Å². The summed E-state index contributed by atoms with van der Waals surface area (Å²) in [7, 11) is -3.65. The van der Waals surface area contributed by atoms with E-state index in [4.69, 9.17) is 11.5 Å². The van der Waals surface area contributed by atoms with Gasteiger partial charge in [0.05, 0.1) is 5.75 Å². The van der Waals surface area contributed by atoms with Gasteiger partial charge in [0.15, 0.2) is 15.6 Å². The lowest BCUT2D eigenvalue weighted by molar-refractivity contribution is 0.102. The highest BCUT2D eigenvalue weighted by molar-refractivity contribution is 7.92. The van der Waals surface area contributed by atoms with Crippen molar-refractivity contribution in [2.75, 3.05) is 23.8 Å². The van der Waals surface area contributed by atoms with Gasteiger partial charge in [-0.15, -0.1) is 0 Å². The molecule has 0 fully saturated rings. The zero-order valence-electron chi connectivity index (χ0n) is 10.0. The van der Waals surface area contributed by atoms with Crippen LogP contribution in [0.1, 0.15) is 10.4 Å². The fourth-order valence-corrected chi connectivity index (χ4v) is 2.34. The minimum atomic E-state index is -3.65. The maximum absolute atomic E-state index is 11.7. The van der Waals surface area contributed by atoms with Crippen molar-refractivity contribution in [3.8, 4) is 0 Å². The molecule has 0 aliphatic carbocycles. The van der Waals surface area contributed by atoms with Gasteiger partial charge in [0.2, 0.25) is 0 Å². The van der Waals surface area contributed by atoms with E-state index in [1.165, 1.54) is 24.3 Å². The van der Waals surface area contributed by atoms with Crippen LogP contribution in [0.3, 0.4) is 0 Å². The van der Waals surface area contributed by atoms with Crippen molar-refractivity contribution in [3.63, 3.8) is 0 Å². The number of ether oxygens (including phenoxy) is 1. The second kappa shape index (κ2) is 6.19. The number of benzene rings is 1. The first-order valence-corrected chi connectivity index (χ1v) is 7.14. The average Bonchev–Trinajstić information content (AvgIpc) is 2.28. The molecule has 1 aromatic rings. The Kier molecular flexibility index (Phi) is 4.87. The standard InChI is InChI=1S/C11H14N2O5S/c12-9-3-1-8(2-4-9)10(14)7-19(16,17)6-5-18-11(13)15/h1-4H,5-7,12H2,(H2,13,15). The molecule has 0 atom stereocenters. The van der Waals surface area contributed by atoms with Gasteiger partial charge in [0.1, 0.15) is 12.4 Å². The number of sulfone groups is 1. The van der Waals surface area contributed by atoms with Crippen LogP contribution in [0.4, 0.5) is 10.5 Å². The number of primary amides is 1. The number of rotatable bonds is 6. The number of hydrogen-bond acceptors (Lipinski definition) is 6. The topological polar surface area (TPSA) is 130 Å². The van der Waals surface area contributed by atoms with E-state index >= 15 is 0 Å². The van der Waals surface area contributed by atoms with E-state index in [2.05, 4.69) is 4.74 Å². The minimum absolute atomic E-state index is 0.258. The van der Waals surface area contributed by atoms with Crippen molar-refractivity contribution in [2.45, 2.75) is 0 Å². The van der Waals surface area contributed by atoms with Gasteiger partial charge in [-0.3, -0.25) is 4.79 Å². The summed E-state index contributed by atoms with van der Waals surface area (Å²) < 4.78 is 27.5. The summed E-state index contributed by atoms with van der Waals surface area (Å²) >= 11 is 0. The van der Waals surface area contributed by atoms with Crippen LogP contribution in [0.15, 0.2) is 24.3 Å². The summed E-state index contributed by atoms with van der Waals surface area (Å²) in [5.74, 6) is -1.64. The van der Waals surface area contributed by atoms with E-state index in [1.54, 1.807) is 0 Å². The third-order valence-electron chi connectivity index (χ3n) is 2.22. The molecule has 0 saturated heterocycles. The number of ketones is 1. The van der Waals surface area contributed by atoms with Crippen LogP contribution < -0.4 is 11.5 Å². The van der Waals surface area contributed by atoms with E-state index in [0.29, 0.717) is 5.69 Å². The summed E-state index contributed by atoms with van der Waals surface area (Å²) in [5, 5.41) is 0. The summed E-state index contributed by atoms with van der Waals surface area (Å²) in [6.07, 6.45) is -1.06. The van der Waals surface area contributed by atoms with E-state index in [9.17, 15) is 18.0 Å². The van der Waals surface area contributed by atoms with E-state index in [1.807, 2.05) is 0 Å². The van der Waals surface area contributed by atoms with Crippen LogP contribution in [0, 0.1) is 0 Å². The van der Waals surface area contributed by atoms with Crippen LogP contribution in [-0.4, -0.2) is 38.4 Å². The molecule has 0 radical (unpaired) electrons. The van der Waals surface area contributed by atoms with Gasteiger partial charge in [-0.1, -0.05) is 0 Å². The van der Waals surface area contributed by atoms with Gasteiger partial charge >= 0.3 is 6.09 Å². The Balaban J connectivity index is 2.60. The predicted molar refractivity (Wildman–Crippen MR) is 69.4 cm³/mol. The molecule has 19 heavy (non-hydrogen) atoms. The largest absolute Gasteiger partial charge is 0.449 e. The normalized spacial score (nSPS) is 10.9. The highest BCUT2D eigenvalue weighted by Crippen LogP contribution is 2.07. The van der Waals surface area contributed by atoms with E-state index in [-0.39, 0.29) is 12.2 Å². The summed E-state index contributed by atoms with van der Waals surface area (Å²) in [6, 6.07) is 5.92. The maximum Gasteiger partial charge on any atom is 0.404 e. The lowest BCUT2D eigenvalue weighted by Gasteiger charge is -2.04. The quantitative estimate of drug-likeness (QED) is 0.557. The van der Waals surface area contributed by atoms with Crippen LogP contribution in [0.2, 0.25) is 0 Å². The van der Waals surface area contributed by atoms with Crippen LogP contribution in [0.5, 0.6) is 0 Å². The minimum Gasteiger partial charge on any atom is -0.449 e. The summed E-state index contributed by atoms with van der Waals surface area (Å²) in [5.41, 5.74) is 10.9. The number of hydrogen-bond donors (Lipinski definition) is 2. The highest BCUT2D eigenvalue weighted by atomic mass is 32.2. The Morgan fingerprint density at radius 3 is 2.26 bits per heavy atom. The molecule has 8 heteroatoms. The zero-order valence-corrected chi connectivity index (χ0v) is 10.9. The Bertz CT molecular complexity index is 565. The molecule has 0 spiro atoms. The second-order valence-electron chi connectivity index (χ2n) is 3.80. The summed E-state index contributed by atoms with van der Waals surface area (Å²) in [4.78, 5) is 22.0. The average molecular weight is 286 g/mol. The van der Waals surface area contributed by atoms with Crippen molar-refractivity contribution in [2.24, 2.45) is 5.73 Å². The lowest BCUT2D eigenvalue weighted by Crippen LogP contribution is -2.24. The first-order valence-electron chi connectivity index (χ1n) is 5.31. The number of nitrogen functional groups attached to an aromatic ring is 1. The van der Waals surface area contributed by atoms with Gasteiger partial charge in [-0.2, -0.15) is 0 Å². The highest BCUT2D eigenvalue weighted by Gasteiger charge is 2.18. The van der Waals surface area contributed by atoms with Crippen molar-refractivity contribution in [3.05, 3.63) is 29.8 Å². The molecule has 0 bridgehead atoms. The first-order chi connectivity index (χ1) is 8.80. The molecule has 1 amide bonds. The fourth-order valence-electron chi connectivity index (χ4n) is 1.29. The van der Waals surface area contributed by atoms with Crippen molar-refractivity contribution in [1.82, 2.24) is 0 Å². The van der Waals surface area contributed by atoms with Crippen molar-refractivity contribution >= 4 is 27.4 Å². The Morgan fingerprint density at radius 2 is 1.74 bits per heavy atom. The lowest BCUT2D eigenvalue weighted by atomic mass is 10.1. The zero-order chi connectivity index (χ0) is 14.5. The number of Topliss-reactive ketones (excluding diaryl/α,β-unsaturated/α-hetero) is 1. The van der Waals surface area contributed by atoms with E-state index in [0.717, 1.165) is 0 Å². The number of amides is 1. The van der Waals surface area contributed by atoms with Gasteiger partial charge < -0.3 is 16.2 Å². The molecule has 0 aliphatic heterocycles. The molecule has 7 nitrogen and oxygen atoms in total. The molecule has 104 valence electrons. The number of carbonyl (C=O) groups is 2. The molecule has 0 unspecified atom stereocenters. The fraction of sp³-hybridized carbons (Fsp3) is 0.273. The first kappa shape index (κ1) is 15.0. The molecule has 0 heterocycles. The van der Waals surface area contributed by atoms with Crippen molar-refractivity contribution < 1.29 is 22.7 Å². The Hall–Kier alpha value is -2.09. The maximum atomic E-state index is 11.7. The van der Waals surface area contributed by atoms with E-state index < -0.39 is 33.2 Å². The molecule has 0 saturated carbocycles. The van der Waals surface area contributed by atoms with Crippen LogP contribution in [0.25, 0.3) is 0 Å². The number of carbonyl (C=O) groups excluding carboxylic acids is 2. The number of nitrogens with two attached hydrogens (primary N) is 2. The molecule has 0 aliphatic rings. The third kappa shape index (κ3) is 5.38. The van der Waals surface area contributed by atoms with Gasteiger partial charge in [-0.25, -0.2) is 13.2 Å². The third-order valence-corrected chi connectivity index (χ3v) is 3.71. The van der Waals surface area contributed by atoms with Crippen molar-refractivity contribution in [1.29, 1.82) is 0 Å². The van der Waals surface area contributed by atoms with Gasteiger partial charge in [-0.05, 0) is 24.3 Å². The number of anilines is 1. The van der Waals surface area contributed by atoms with Crippen LogP contribution >= 0.6 is 0 Å². The Morgan fingerprint density at radius 1 is 1.16 bits per heavy atom. The predicted octanol–water partition coefficient (Wildman–Crippen LogP) is -0.0384. The molecule has 1 aromatic carbocycles. The molecular formula is C11H14N2O5S. The molecular weight excluding hydrogens is 272 g/mol. The molecule has 1 rings (SSSR count). The smallest absolute Gasteiger partial charge is 0.404 e. The SMILES string of the molecule is NC(=O)OCCS(=O)(=O)CC(=O)c1ccc(N)cc1. The second-order valence-corrected chi connectivity index (χ2v) is 5.99. The van der Waals surface area contributed by atoms with Crippen LogP contribution in [-0.2, 0) is 14.6 Å². The Labute approximate surface area is 110 Å². The van der Waals surface area contributed by atoms with Gasteiger partial charge in [0.25, 0.3) is 0 Å². The molecule has 0 aromatic heterocycles. The molecule has 4 N–H and O–H groups in total.